The molecule has 0 aliphatic heterocycles. The van der Waals surface area contributed by atoms with Gasteiger partial charge >= 0.3 is 0 Å². The SMILES string of the molecule is Cc1ccc(Oc2ccc(CNC(C)C)nn2)c(Cl)c1. The van der Waals surface area contributed by atoms with Crippen LogP contribution in [0.15, 0.2) is 30.3 Å². The van der Waals surface area contributed by atoms with Gasteiger partial charge in [-0.2, -0.15) is 5.10 Å². The van der Waals surface area contributed by atoms with Crippen LogP contribution in [0.25, 0.3) is 0 Å². The van der Waals surface area contributed by atoms with Gasteiger partial charge in [0.1, 0.15) is 5.75 Å². The Morgan fingerprint density at radius 1 is 1.20 bits per heavy atom. The van der Waals surface area contributed by atoms with Crippen molar-refractivity contribution in [2.24, 2.45) is 0 Å². The summed E-state index contributed by atoms with van der Waals surface area (Å²) in [5.74, 6) is 1.02. The molecule has 0 fully saturated rings. The average Bonchev–Trinajstić information content (AvgIpc) is 2.41. The van der Waals surface area contributed by atoms with Gasteiger partial charge in [0.25, 0.3) is 0 Å². The highest BCUT2D eigenvalue weighted by atomic mass is 35.5. The molecule has 0 bridgehead atoms. The number of nitrogens with zero attached hydrogens (tertiary/aromatic N) is 2. The third-order valence-electron chi connectivity index (χ3n) is 2.69. The van der Waals surface area contributed by atoms with Gasteiger partial charge in [-0.15, -0.1) is 5.10 Å². The van der Waals surface area contributed by atoms with Crippen LogP contribution < -0.4 is 10.1 Å². The predicted octanol–water partition coefficient (Wildman–Crippen LogP) is 3.73. The van der Waals surface area contributed by atoms with Crippen molar-refractivity contribution in [1.82, 2.24) is 15.5 Å². The van der Waals surface area contributed by atoms with Gasteiger partial charge in [-0.05, 0) is 30.7 Å². The van der Waals surface area contributed by atoms with Crippen molar-refractivity contribution >= 4 is 11.6 Å². The molecule has 1 aromatic carbocycles. The molecule has 1 heterocycles. The van der Waals surface area contributed by atoms with Crippen LogP contribution in [0.2, 0.25) is 5.02 Å². The number of benzene rings is 1. The largest absolute Gasteiger partial charge is 0.436 e. The van der Waals surface area contributed by atoms with E-state index in [-0.39, 0.29) is 0 Å². The Kier molecular flexibility index (Phi) is 4.93. The molecule has 5 heteroatoms. The number of nitrogens with one attached hydrogen (secondary N) is 1. The van der Waals surface area contributed by atoms with Gasteiger partial charge in [-0.3, -0.25) is 0 Å². The molecule has 0 radical (unpaired) electrons. The van der Waals surface area contributed by atoms with Gasteiger partial charge in [0, 0.05) is 18.7 Å². The number of halogens is 1. The van der Waals surface area contributed by atoms with Crippen molar-refractivity contribution in [3.8, 4) is 11.6 Å². The first-order valence-electron chi connectivity index (χ1n) is 6.54. The van der Waals surface area contributed by atoms with E-state index in [4.69, 9.17) is 16.3 Å². The van der Waals surface area contributed by atoms with Crippen LogP contribution in [-0.4, -0.2) is 16.2 Å². The fourth-order valence-electron chi connectivity index (χ4n) is 1.61. The average molecular weight is 292 g/mol. The van der Waals surface area contributed by atoms with E-state index in [0.29, 0.717) is 29.2 Å². The van der Waals surface area contributed by atoms with Crippen molar-refractivity contribution in [3.63, 3.8) is 0 Å². The molecule has 0 spiro atoms. The predicted molar refractivity (Wildman–Crippen MR) is 80.3 cm³/mol. The van der Waals surface area contributed by atoms with Crippen LogP contribution >= 0.6 is 11.6 Å². The van der Waals surface area contributed by atoms with Crippen molar-refractivity contribution in [2.75, 3.05) is 0 Å². The maximum atomic E-state index is 6.11. The van der Waals surface area contributed by atoms with Crippen LogP contribution in [0.1, 0.15) is 25.1 Å². The monoisotopic (exact) mass is 291 g/mol. The minimum Gasteiger partial charge on any atom is -0.436 e. The lowest BCUT2D eigenvalue weighted by atomic mass is 10.2. The Morgan fingerprint density at radius 3 is 2.60 bits per heavy atom. The maximum Gasteiger partial charge on any atom is 0.238 e. The molecule has 0 saturated heterocycles. The third-order valence-corrected chi connectivity index (χ3v) is 2.98. The van der Waals surface area contributed by atoms with Crippen molar-refractivity contribution in [1.29, 1.82) is 0 Å². The molecular weight excluding hydrogens is 274 g/mol. The lowest BCUT2D eigenvalue weighted by molar-refractivity contribution is 0.452. The molecule has 0 atom stereocenters. The number of hydrogen-bond donors (Lipinski definition) is 1. The Hall–Kier alpha value is -1.65. The van der Waals surface area contributed by atoms with Crippen LogP contribution in [0, 0.1) is 6.92 Å². The zero-order valence-electron chi connectivity index (χ0n) is 11.9. The third kappa shape index (κ3) is 4.18. The molecule has 0 saturated carbocycles. The van der Waals surface area contributed by atoms with Crippen LogP contribution in [0.3, 0.4) is 0 Å². The minimum atomic E-state index is 0.416. The number of rotatable bonds is 5. The second-order valence-electron chi connectivity index (χ2n) is 4.93. The molecule has 106 valence electrons. The molecule has 0 unspecified atom stereocenters. The molecule has 0 amide bonds. The quantitative estimate of drug-likeness (QED) is 0.912. The second-order valence-corrected chi connectivity index (χ2v) is 5.34. The summed E-state index contributed by atoms with van der Waals surface area (Å²) in [6, 6.07) is 9.72. The molecular formula is C15H18ClN3O. The van der Waals surface area contributed by atoms with Gasteiger partial charge in [-0.1, -0.05) is 31.5 Å². The van der Waals surface area contributed by atoms with E-state index in [2.05, 4.69) is 29.4 Å². The van der Waals surface area contributed by atoms with E-state index in [1.165, 1.54) is 0 Å². The highest BCUT2D eigenvalue weighted by Gasteiger charge is 2.05. The second kappa shape index (κ2) is 6.68. The summed E-state index contributed by atoms with van der Waals surface area (Å²) in [6.45, 7) is 6.84. The molecule has 2 rings (SSSR count). The summed E-state index contributed by atoms with van der Waals surface area (Å²) in [6.07, 6.45) is 0. The summed E-state index contributed by atoms with van der Waals surface area (Å²) in [5, 5.41) is 12.0. The van der Waals surface area contributed by atoms with Gasteiger partial charge < -0.3 is 10.1 Å². The smallest absolute Gasteiger partial charge is 0.238 e. The lowest BCUT2D eigenvalue weighted by Gasteiger charge is -2.08. The molecule has 0 aliphatic carbocycles. The molecule has 1 N–H and O–H groups in total. The van der Waals surface area contributed by atoms with Crippen LogP contribution in [0.5, 0.6) is 11.6 Å². The first-order chi connectivity index (χ1) is 9.54. The molecule has 4 nitrogen and oxygen atoms in total. The fraction of sp³-hybridized carbons (Fsp3) is 0.333. The van der Waals surface area contributed by atoms with E-state index < -0.39 is 0 Å². The van der Waals surface area contributed by atoms with E-state index in [1.54, 1.807) is 6.07 Å². The first kappa shape index (κ1) is 14.8. The molecule has 20 heavy (non-hydrogen) atoms. The summed E-state index contributed by atoms with van der Waals surface area (Å²) in [4.78, 5) is 0. The van der Waals surface area contributed by atoms with Gasteiger partial charge in [0.15, 0.2) is 0 Å². The number of ether oxygens (including phenoxy) is 1. The normalized spacial score (nSPS) is 10.8. The van der Waals surface area contributed by atoms with Crippen molar-refractivity contribution in [3.05, 3.63) is 46.6 Å². The molecule has 1 aromatic heterocycles. The Labute approximate surface area is 124 Å². The highest BCUT2D eigenvalue weighted by Crippen LogP contribution is 2.28. The Balaban J connectivity index is 2.03. The van der Waals surface area contributed by atoms with E-state index in [9.17, 15) is 0 Å². The topological polar surface area (TPSA) is 47.0 Å². The summed E-state index contributed by atoms with van der Waals surface area (Å²) < 4.78 is 5.62. The maximum absolute atomic E-state index is 6.11. The lowest BCUT2D eigenvalue weighted by Crippen LogP contribution is -2.22. The van der Waals surface area contributed by atoms with Crippen molar-refractivity contribution in [2.45, 2.75) is 33.4 Å². The zero-order valence-corrected chi connectivity index (χ0v) is 12.6. The van der Waals surface area contributed by atoms with E-state index in [1.807, 2.05) is 31.2 Å². The first-order valence-corrected chi connectivity index (χ1v) is 6.92. The summed E-state index contributed by atoms with van der Waals surface area (Å²) in [5.41, 5.74) is 1.96. The van der Waals surface area contributed by atoms with E-state index in [0.717, 1.165) is 11.3 Å². The number of aromatic nitrogens is 2. The van der Waals surface area contributed by atoms with Gasteiger partial charge in [0.2, 0.25) is 5.88 Å². The van der Waals surface area contributed by atoms with Crippen LogP contribution in [-0.2, 0) is 6.54 Å². The summed E-state index contributed by atoms with van der Waals surface area (Å²) >= 11 is 6.11. The standard InChI is InChI=1S/C15H18ClN3O/c1-10(2)17-9-12-5-7-15(19-18-12)20-14-6-4-11(3)8-13(14)16/h4-8,10,17H,9H2,1-3H3. The Bertz CT molecular complexity index is 570. The molecule has 0 aliphatic rings. The zero-order chi connectivity index (χ0) is 14.5. The number of hydrogen-bond acceptors (Lipinski definition) is 4. The van der Waals surface area contributed by atoms with Crippen LogP contribution in [0.4, 0.5) is 0 Å². The van der Waals surface area contributed by atoms with E-state index >= 15 is 0 Å². The molecule has 2 aromatic rings. The Morgan fingerprint density at radius 2 is 2.00 bits per heavy atom. The van der Waals surface area contributed by atoms with Crippen molar-refractivity contribution < 1.29 is 4.74 Å². The summed E-state index contributed by atoms with van der Waals surface area (Å²) in [7, 11) is 0. The highest BCUT2D eigenvalue weighted by molar-refractivity contribution is 6.32. The van der Waals surface area contributed by atoms with Gasteiger partial charge in [0.05, 0.1) is 10.7 Å². The van der Waals surface area contributed by atoms with Gasteiger partial charge in [-0.25, -0.2) is 0 Å². The minimum absolute atomic E-state index is 0.416. The fourth-order valence-corrected chi connectivity index (χ4v) is 1.88. The number of aryl methyl sites for hydroxylation is 1.